The lowest BCUT2D eigenvalue weighted by Gasteiger charge is -2.10. The molecule has 2 heterocycles. The number of fused-ring (bicyclic) bond motifs is 1. The molecule has 0 fully saturated rings. The number of furan rings is 1. The summed E-state index contributed by atoms with van der Waals surface area (Å²) >= 11 is 11.7. The zero-order valence-electron chi connectivity index (χ0n) is 17.2. The van der Waals surface area contributed by atoms with Gasteiger partial charge in [0.2, 0.25) is 0 Å². The van der Waals surface area contributed by atoms with Crippen molar-refractivity contribution in [3.63, 3.8) is 0 Å². The minimum Gasteiger partial charge on any atom is -0.450 e. The van der Waals surface area contributed by atoms with Gasteiger partial charge >= 0.3 is 5.91 Å². The summed E-state index contributed by atoms with van der Waals surface area (Å²) in [6.45, 7) is 3.77. The molecule has 0 saturated carbocycles. The van der Waals surface area contributed by atoms with Crippen LogP contribution in [0.25, 0.3) is 16.7 Å². The van der Waals surface area contributed by atoms with Crippen LogP contribution in [0.1, 0.15) is 27.5 Å². The fourth-order valence-electron chi connectivity index (χ4n) is 3.50. The van der Waals surface area contributed by atoms with Gasteiger partial charge in [0, 0.05) is 38.6 Å². The van der Waals surface area contributed by atoms with Crippen LogP contribution in [-0.4, -0.2) is 21.6 Å². The molecule has 0 aliphatic heterocycles. The van der Waals surface area contributed by atoms with Crippen molar-refractivity contribution in [3.05, 3.63) is 88.4 Å². The lowest BCUT2D eigenvalue weighted by molar-refractivity contribution is -0.384. The van der Waals surface area contributed by atoms with Crippen LogP contribution in [0.5, 0.6) is 0 Å². The summed E-state index contributed by atoms with van der Waals surface area (Å²) in [7, 11) is 0. The van der Waals surface area contributed by atoms with Gasteiger partial charge in [-0.25, -0.2) is 5.43 Å². The first-order valence-electron chi connectivity index (χ1n) is 9.51. The van der Waals surface area contributed by atoms with Gasteiger partial charge in [-0.2, -0.15) is 5.10 Å². The number of hydrogen-bond donors (Lipinski definition) is 1. The number of carbonyl (C=O) groups excluding carboxylic acids is 1. The Morgan fingerprint density at radius 3 is 2.73 bits per heavy atom. The van der Waals surface area contributed by atoms with Gasteiger partial charge in [0.05, 0.1) is 14.7 Å². The first-order valence-corrected chi connectivity index (χ1v) is 11.8. The van der Waals surface area contributed by atoms with E-state index in [2.05, 4.69) is 49.0 Å². The molecule has 0 aliphatic rings. The second-order valence-corrected chi connectivity index (χ2v) is 9.66. The molecule has 2 aromatic carbocycles. The molecule has 168 valence electrons. The van der Waals surface area contributed by atoms with Crippen molar-refractivity contribution >= 4 is 78.9 Å². The summed E-state index contributed by atoms with van der Waals surface area (Å²) < 4.78 is 9.37. The Morgan fingerprint density at radius 2 is 2.03 bits per heavy atom. The number of nitrogens with zero attached hydrogens (tertiary/aromatic N) is 3. The third-order valence-corrected chi connectivity index (χ3v) is 6.55. The van der Waals surface area contributed by atoms with Crippen LogP contribution >= 0.6 is 50.1 Å². The van der Waals surface area contributed by atoms with E-state index in [0.717, 1.165) is 30.4 Å². The molecule has 1 N–H and O–H groups in total. The molecule has 11 heteroatoms. The maximum absolute atomic E-state index is 12.5. The summed E-state index contributed by atoms with van der Waals surface area (Å²) in [5.41, 5.74) is 6.13. The Balaban J connectivity index is 1.55. The highest BCUT2D eigenvalue weighted by Crippen LogP contribution is 2.30. The third-order valence-electron chi connectivity index (χ3n) is 4.99. The molecular formula is C22H15BrClIN4O4. The van der Waals surface area contributed by atoms with Gasteiger partial charge in [-0.05, 0) is 72.8 Å². The van der Waals surface area contributed by atoms with Crippen molar-refractivity contribution in [2.24, 2.45) is 5.10 Å². The molecule has 0 aliphatic carbocycles. The van der Waals surface area contributed by atoms with Gasteiger partial charge in [0.1, 0.15) is 10.6 Å². The largest absolute Gasteiger partial charge is 0.450 e. The first-order chi connectivity index (χ1) is 15.7. The number of benzene rings is 2. The number of carbonyl (C=O) groups is 1. The Kier molecular flexibility index (Phi) is 6.59. The van der Waals surface area contributed by atoms with Crippen LogP contribution in [0.3, 0.4) is 0 Å². The highest BCUT2D eigenvalue weighted by Gasteiger charge is 2.17. The Hall–Kier alpha value is -2.70. The van der Waals surface area contributed by atoms with Gasteiger partial charge in [-0.3, -0.25) is 14.9 Å². The summed E-state index contributed by atoms with van der Waals surface area (Å²) in [5.74, 6) is -0.311. The second kappa shape index (κ2) is 9.27. The predicted molar refractivity (Wildman–Crippen MR) is 139 cm³/mol. The Morgan fingerprint density at radius 1 is 1.27 bits per heavy atom. The average Bonchev–Trinajstić information content (AvgIpc) is 3.28. The molecule has 4 rings (SSSR count). The van der Waals surface area contributed by atoms with Crippen molar-refractivity contribution in [1.82, 2.24) is 9.99 Å². The van der Waals surface area contributed by atoms with E-state index in [1.165, 1.54) is 12.3 Å². The minimum absolute atomic E-state index is 0.0556. The van der Waals surface area contributed by atoms with Crippen molar-refractivity contribution in [2.45, 2.75) is 13.8 Å². The van der Waals surface area contributed by atoms with Gasteiger partial charge in [0.15, 0.2) is 5.76 Å². The van der Waals surface area contributed by atoms with Crippen molar-refractivity contribution in [1.29, 1.82) is 0 Å². The standard InChI is InChI=1S/C22H15BrClIN4O4/c1-11-5-14(12(2)28(11)16-3-4-19(29(31)32)17(24)9-16)10-26-27-22(30)20-7-13-6-15(23)8-18(25)21(13)33-20/h3-10H,1-2H3,(H,27,30)/b26-10-. The van der Waals surface area contributed by atoms with Gasteiger partial charge in [-0.1, -0.05) is 27.5 Å². The molecule has 0 atom stereocenters. The molecule has 0 bridgehead atoms. The van der Waals surface area contributed by atoms with Crippen LogP contribution in [0.2, 0.25) is 5.02 Å². The van der Waals surface area contributed by atoms with Gasteiger partial charge in [-0.15, -0.1) is 0 Å². The summed E-state index contributed by atoms with van der Waals surface area (Å²) in [5, 5.41) is 16.0. The van der Waals surface area contributed by atoms with E-state index in [1.54, 1.807) is 18.2 Å². The van der Waals surface area contributed by atoms with Crippen LogP contribution in [0.4, 0.5) is 5.69 Å². The number of halogens is 3. The average molecular weight is 642 g/mol. The fourth-order valence-corrected chi connectivity index (χ4v) is 5.41. The quantitative estimate of drug-likeness (QED) is 0.116. The Bertz CT molecular complexity index is 1460. The molecule has 33 heavy (non-hydrogen) atoms. The molecular weight excluding hydrogens is 627 g/mol. The number of hydrazone groups is 1. The molecule has 0 radical (unpaired) electrons. The van der Waals surface area contributed by atoms with Crippen LogP contribution in [0, 0.1) is 27.5 Å². The first kappa shape index (κ1) is 23.5. The third kappa shape index (κ3) is 4.68. The van der Waals surface area contributed by atoms with Crippen LogP contribution in [-0.2, 0) is 0 Å². The van der Waals surface area contributed by atoms with E-state index in [9.17, 15) is 14.9 Å². The smallest absolute Gasteiger partial charge is 0.307 e. The maximum atomic E-state index is 12.5. The highest BCUT2D eigenvalue weighted by atomic mass is 127. The van der Waals surface area contributed by atoms with Crippen molar-refractivity contribution < 1.29 is 14.1 Å². The summed E-state index contributed by atoms with van der Waals surface area (Å²) in [4.78, 5) is 23.0. The van der Waals surface area contributed by atoms with Gasteiger partial charge < -0.3 is 8.98 Å². The lowest BCUT2D eigenvalue weighted by atomic mass is 10.2. The zero-order valence-corrected chi connectivity index (χ0v) is 21.7. The normalized spacial score (nSPS) is 11.4. The molecule has 1 amide bonds. The number of aromatic nitrogens is 1. The number of nitro benzene ring substituents is 1. The molecule has 8 nitrogen and oxygen atoms in total. The number of rotatable bonds is 5. The van der Waals surface area contributed by atoms with E-state index >= 15 is 0 Å². The number of nitrogens with one attached hydrogen (secondary N) is 1. The maximum Gasteiger partial charge on any atom is 0.307 e. The monoisotopic (exact) mass is 640 g/mol. The number of hydrogen-bond acceptors (Lipinski definition) is 5. The predicted octanol–water partition coefficient (Wildman–Crippen LogP) is 6.53. The zero-order chi connectivity index (χ0) is 23.9. The number of aryl methyl sites for hydroxylation is 1. The number of nitro groups is 1. The van der Waals surface area contributed by atoms with Gasteiger partial charge in [0.25, 0.3) is 5.69 Å². The molecule has 2 aromatic heterocycles. The van der Waals surface area contributed by atoms with E-state index in [4.69, 9.17) is 16.0 Å². The van der Waals surface area contributed by atoms with Crippen molar-refractivity contribution in [3.8, 4) is 5.69 Å². The fraction of sp³-hybridized carbons (Fsp3) is 0.0909. The number of amides is 1. The molecule has 0 spiro atoms. The molecule has 0 saturated heterocycles. The lowest BCUT2D eigenvalue weighted by Crippen LogP contribution is -2.16. The van der Waals surface area contributed by atoms with E-state index < -0.39 is 10.8 Å². The highest BCUT2D eigenvalue weighted by molar-refractivity contribution is 14.1. The minimum atomic E-state index is -0.524. The topological polar surface area (TPSA) is 103 Å². The summed E-state index contributed by atoms with van der Waals surface area (Å²) in [6, 6.07) is 11.9. The molecule has 4 aromatic rings. The SMILES string of the molecule is Cc1cc(/C=N\NC(=O)c2cc3cc(Br)cc(I)c3o2)c(C)n1-c1ccc([N+](=O)[O-])c(Cl)c1. The van der Waals surface area contributed by atoms with Crippen molar-refractivity contribution in [2.75, 3.05) is 0 Å². The van der Waals surface area contributed by atoms with Crippen LogP contribution < -0.4 is 5.43 Å². The van der Waals surface area contributed by atoms with E-state index in [1.807, 2.05) is 36.6 Å². The molecule has 0 unspecified atom stereocenters. The van der Waals surface area contributed by atoms with Crippen LogP contribution in [0.15, 0.2) is 56.5 Å². The summed E-state index contributed by atoms with van der Waals surface area (Å²) in [6.07, 6.45) is 1.53. The van der Waals surface area contributed by atoms with E-state index in [0.29, 0.717) is 11.3 Å². The second-order valence-electron chi connectivity index (χ2n) is 7.17. The Labute approximate surface area is 215 Å². The van der Waals surface area contributed by atoms with E-state index in [-0.39, 0.29) is 16.5 Å².